The van der Waals surface area contributed by atoms with Crippen LogP contribution in [0.5, 0.6) is 0 Å². The Morgan fingerprint density at radius 2 is 2.10 bits per heavy atom. The lowest BCUT2D eigenvalue weighted by Gasteiger charge is -2.12. The van der Waals surface area contributed by atoms with Crippen molar-refractivity contribution in [3.05, 3.63) is 0 Å². The monoisotopic (exact) mass is 141 g/mol. The van der Waals surface area contributed by atoms with E-state index in [-0.39, 0.29) is 6.17 Å². The van der Waals surface area contributed by atoms with Crippen molar-refractivity contribution in [2.45, 2.75) is 20.0 Å². The lowest BCUT2D eigenvalue weighted by atomic mass is 10.5. The van der Waals surface area contributed by atoms with Gasteiger partial charge in [0.2, 0.25) is 0 Å². The summed E-state index contributed by atoms with van der Waals surface area (Å²) in [7, 11) is 3.95. The average Bonchev–Trinajstić information content (AvgIpc) is 1.88. The number of nitrogens with zero attached hydrogens (tertiary/aromatic N) is 3. The third-order valence-electron chi connectivity index (χ3n) is 1.22. The summed E-state index contributed by atoms with van der Waals surface area (Å²) >= 11 is 0. The quantitative estimate of drug-likeness (QED) is 0.541. The standard InChI is InChI=1S/C7H15N3/c1-5-8-6-9-7(2)10(3)4/h7H,5H2,1-4H3. The third-order valence-corrected chi connectivity index (χ3v) is 1.22. The maximum Gasteiger partial charge on any atom is 0.110 e. The second kappa shape index (κ2) is 5.15. The highest BCUT2D eigenvalue weighted by molar-refractivity contribution is 5.41. The molecular weight excluding hydrogens is 126 g/mol. The van der Waals surface area contributed by atoms with Gasteiger partial charge in [0.25, 0.3) is 0 Å². The first-order valence-corrected chi connectivity index (χ1v) is 3.46. The van der Waals surface area contributed by atoms with Crippen molar-refractivity contribution in [1.29, 1.82) is 0 Å². The SMILES string of the molecule is CCN=C=NC(C)N(C)C. The molecule has 0 bridgehead atoms. The average molecular weight is 141 g/mol. The zero-order chi connectivity index (χ0) is 7.98. The molecule has 0 heterocycles. The lowest BCUT2D eigenvalue weighted by Crippen LogP contribution is -2.21. The molecule has 1 unspecified atom stereocenters. The highest BCUT2D eigenvalue weighted by Gasteiger charge is 1.97. The van der Waals surface area contributed by atoms with E-state index < -0.39 is 0 Å². The van der Waals surface area contributed by atoms with Crippen molar-refractivity contribution >= 4 is 6.01 Å². The van der Waals surface area contributed by atoms with E-state index in [4.69, 9.17) is 0 Å². The Morgan fingerprint density at radius 3 is 2.50 bits per heavy atom. The molecule has 0 saturated carbocycles. The molecule has 1 atom stereocenters. The molecule has 3 heteroatoms. The zero-order valence-corrected chi connectivity index (χ0v) is 7.13. The van der Waals surface area contributed by atoms with Crippen LogP contribution in [0.25, 0.3) is 0 Å². The normalized spacial score (nSPS) is 12.5. The van der Waals surface area contributed by atoms with Crippen LogP contribution in [-0.4, -0.2) is 37.7 Å². The van der Waals surface area contributed by atoms with Crippen LogP contribution in [0.3, 0.4) is 0 Å². The topological polar surface area (TPSA) is 28.0 Å². The smallest absolute Gasteiger partial charge is 0.110 e. The molecule has 0 aliphatic rings. The van der Waals surface area contributed by atoms with Gasteiger partial charge in [0, 0.05) is 6.54 Å². The molecule has 0 aromatic carbocycles. The van der Waals surface area contributed by atoms with Gasteiger partial charge < -0.3 is 0 Å². The summed E-state index contributed by atoms with van der Waals surface area (Å²) < 4.78 is 0. The van der Waals surface area contributed by atoms with E-state index >= 15 is 0 Å². The molecule has 0 rings (SSSR count). The summed E-state index contributed by atoms with van der Waals surface area (Å²) in [6.07, 6.45) is 0.176. The molecule has 58 valence electrons. The molecule has 0 aromatic rings. The minimum Gasteiger partial charge on any atom is -0.288 e. The summed E-state index contributed by atoms with van der Waals surface area (Å²) in [5.41, 5.74) is 0. The molecule has 0 radical (unpaired) electrons. The summed E-state index contributed by atoms with van der Waals surface area (Å²) in [6.45, 7) is 4.71. The largest absolute Gasteiger partial charge is 0.288 e. The second-order valence-electron chi connectivity index (χ2n) is 2.30. The first kappa shape index (κ1) is 9.34. The van der Waals surface area contributed by atoms with Gasteiger partial charge in [0.15, 0.2) is 0 Å². The Balaban J connectivity index is 3.77. The van der Waals surface area contributed by atoms with E-state index in [0.29, 0.717) is 0 Å². The summed E-state index contributed by atoms with van der Waals surface area (Å²) in [5.74, 6) is 0. The van der Waals surface area contributed by atoms with Gasteiger partial charge in [-0.15, -0.1) is 0 Å². The molecule has 0 amide bonds. The number of rotatable bonds is 3. The van der Waals surface area contributed by atoms with Crippen LogP contribution in [0, 0.1) is 0 Å². The van der Waals surface area contributed by atoms with Crippen LogP contribution in [0.4, 0.5) is 0 Å². The maximum atomic E-state index is 4.02. The van der Waals surface area contributed by atoms with Gasteiger partial charge >= 0.3 is 0 Å². The molecule has 0 saturated heterocycles. The molecular formula is C7H15N3. The molecule has 0 aliphatic heterocycles. The van der Waals surface area contributed by atoms with Crippen molar-refractivity contribution < 1.29 is 0 Å². The summed E-state index contributed by atoms with van der Waals surface area (Å²) in [4.78, 5) is 9.87. The van der Waals surface area contributed by atoms with Crippen LogP contribution < -0.4 is 0 Å². The lowest BCUT2D eigenvalue weighted by molar-refractivity contribution is 0.325. The van der Waals surface area contributed by atoms with Crippen LogP contribution in [0.2, 0.25) is 0 Å². The van der Waals surface area contributed by atoms with Crippen molar-refractivity contribution in [1.82, 2.24) is 4.90 Å². The molecule has 0 aromatic heterocycles. The molecule has 0 fully saturated rings. The van der Waals surface area contributed by atoms with Crippen molar-refractivity contribution in [3.63, 3.8) is 0 Å². The van der Waals surface area contributed by atoms with Gasteiger partial charge in [0.1, 0.15) is 6.17 Å². The van der Waals surface area contributed by atoms with E-state index in [2.05, 4.69) is 16.0 Å². The van der Waals surface area contributed by atoms with Gasteiger partial charge in [-0.25, -0.2) is 9.98 Å². The number of hydrogen-bond donors (Lipinski definition) is 0. The van der Waals surface area contributed by atoms with E-state index in [1.165, 1.54) is 0 Å². The Morgan fingerprint density at radius 1 is 1.50 bits per heavy atom. The Labute approximate surface area is 62.5 Å². The second-order valence-corrected chi connectivity index (χ2v) is 2.30. The molecule has 0 aliphatic carbocycles. The fourth-order valence-electron chi connectivity index (χ4n) is 0.311. The first-order chi connectivity index (χ1) is 4.68. The van der Waals surface area contributed by atoms with Gasteiger partial charge in [-0.2, -0.15) is 0 Å². The number of aliphatic imine (C=N–C) groups is 2. The van der Waals surface area contributed by atoms with Crippen molar-refractivity contribution in [2.24, 2.45) is 9.98 Å². The van der Waals surface area contributed by atoms with Crippen LogP contribution in [0.1, 0.15) is 13.8 Å². The first-order valence-electron chi connectivity index (χ1n) is 3.46. The third kappa shape index (κ3) is 4.24. The fraction of sp³-hybridized carbons (Fsp3) is 0.857. The van der Waals surface area contributed by atoms with Gasteiger partial charge in [-0.05, 0) is 27.9 Å². The van der Waals surface area contributed by atoms with E-state index in [1.54, 1.807) is 0 Å². The van der Waals surface area contributed by atoms with E-state index in [1.807, 2.05) is 32.8 Å². The summed E-state index contributed by atoms with van der Waals surface area (Å²) in [6, 6.07) is 2.62. The van der Waals surface area contributed by atoms with Crippen LogP contribution >= 0.6 is 0 Å². The molecule has 10 heavy (non-hydrogen) atoms. The fourth-order valence-corrected chi connectivity index (χ4v) is 0.311. The Bertz CT molecular complexity index is 134. The van der Waals surface area contributed by atoms with Crippen molar-refractivity contribution in [3.8, 4) is 0 Å². The van der Waals surface area contributed by atoms with Gasteiger partial charge in [-0.1, -0.05) is 0 Å². The molecule has 3 nitrogen and oxygen atoms in total. The Kier molecular flexibility index (Phi) is 4.81. The van der Waals surface area contributed by atoms with E-state index in [9.17, 15) is 0 Å². The maximum absolute atomic E-state index is 4.02. The van der Waals surface area contributed by atoms with Gasteiger partial charge in [0.05, 0.1) is 6.01 Å². The summed E-state index contributed by atoms with van der Waals surface area (Å²) in [5, 5.41) is 0. The minimum atomic E-state index is 0.176. The highest BCUT2D eigenvalue weighted by atomic mass is 15.2. The minimum absolute atomic E-state index is 0.176. The highest BCUT2D eigenvalue weighted by Crippen LogP contribution is 1.89. The number of hydrogen-bond acceptors (Lipinski definition) is 3. The zero-order valence-electron chi connectivity index (χ0n) is 7.13. The van der Waals surface area contributed by atoms with Gasteiger partial charge in [-0.3, -0.25) is 4.90 Å². The van der Waals surface area contributed by atoms with Crippen LogP contribution in [0.15, 0.2) is 9.98 Å². The molecule has 0 N–H and O–H groups in total. The Hall–Kier alpha value is -0.660. The van der Waals surface area contributed by atoms with Crippen molar-refractivity contribution in [2.75, 3.05) is 20.6 Å². The van der Waals surface area contributed by atoms with E-state index in [0.717, 1.165) is 6.54 Å². The van der Waals surface area contributed by atoms with Crippen LogP contribution in [-0.2, 0) is 0 Å². The predicted octanol–water partition coefficient (Wildman–Crippen LogP) is 1.09. The molecule has 0 spiro atoms. The predicted molar refractivity (Wildman–Crippen MR) is 43.6 cm³/mol.